The summed E-state index contributed by atoms with van der Waals surface area (Å²) in [6.45, 7) is 8.89. The molecule has 0 aliphatic carbocycles. The van der Waals surface area contributed by atoms with Crippen molar-refractivity contribution < 1.29 is 18.3 Å². The molecule has 158 valence electrons. The highest BCUT2D eigenvalue weighted by atomic mass is 32.2. The van der Waals surface area contributed by atoms with Gasteiger partial charge in [-0.1, -0.05) is 52.7 Å². The molecule has 0 aromatic heterocycles. The predicted molar refractivity (Wildman–Crippen MR) is 113 cm³/mol. The van der Waals surface area contributed by atoms with Gasteiger partial charge in [-0.25, -0.2) is 8.42 Å². The van der Waals surface area contributed by atoms with Gasteiger partial charge in [0.15, 0.2) is 5.25 Å². The minimum atomic E-state index is -3.90. The topological polar surface area (TPSA) is 77.9 Å². The highest BCUT2D eigenvalue weighted by molar-refractivity contribution is 7.90. The smallest absolute Gasteiger partial charge is 0.323 e. The summed E-state index contributed by atoms with van der Waals surface area (Å²) in [4.78, 5) is 13.8. The molecule has 0 saturated carbocycles. The van der Waals surface area contributed by atoms with Gasteiger partial charge in [-0.2, -0.15) is 4.31 Å². The molecule has 1 atom stereocenters. The minimum absolute atomic E-state index is 0.306. The van der Waals surface area contributed by atoms with Crippen LogP contribution in [0.1, 0.15) is 52.5 Å². The average molecular weight is 411 g/mol. The zero-order valence-electron chi connectivity index (χ0n) is 17.5. The van der Waals surface area contributed by atoms with Crippen molar-refractivity contribution in [1.82, 2.24) is 4.31 Å². The van der Waals surface area contributed by atoms with E-state index in [-0.39, 0.29) is 0 Å². The predicted octanol–water partition coefficient (Wildman–Crippen LogP) is 3.37. The Morgan fingerprint density at radius 2 is 1.64 bits per heavy atom. The summed E-state index contributed by atoms with van der Waals surface area (Å²) in [6.07, 6.45) is 4.74. The lowest BCUT2D eigenvalue weighted by molar-refractivity contribution is -0.138. The Labute approximate surface area is 169 Å². The van der Waals surface area contributed by atoms with Gasteiger partial charge in [0.25, 0.3) is 0 Å². The van der Waals surface area contributed by atoms with Gasteiger partial charge in [0.1, 0.15) is 0 Å². The molecule has 1 aliphatic heterocycles. The van der Waals surface area contributed by atoms with Crippen LogP contribution in [0.15, 0.2) is 24.3 Å². The first-order valence-corrected chi connectivity index (χ1v) is 11.6. The van der Waals surface area contributed by atoms with Crippen molar-refractivity contribution in [3.8, 4) is 0 Å². The zero-order valence-corrected chi connectivity index (χ0v) is 18.3. The molecule has 7 heteroatoms. The molecule has 1 saturated heterocycles. The number of aliphatic carboxylic acids is 1. The number of carboxylic acid groups (broad SMARTS) is 1. The monoisotopic (exact) mass is 410 g/mol. The lowest BCUT2D eigenvalue weighted by Crippen LogP contribution is -2.55. The average Bonchev–Trinajstić information content (AvgIpc) is 2.61. The molecule has 1 heterocycles. The normalized spacial score (nSPS) is 17.5. The Kier molecular flexibility index (Phi) is 7.51. The third-order valence-corrected chi connectivity index (χ3v) is 7.87. The zero-order chi connectivity index (χ0) is 20.9. The molecule has 1 aromatic rings. The fraction of sp³-hybridized carbons (Fsp3) is 0.667. The lowest BCUT2D eigenvalue weighted by atomic mass is 9.92. The molecular weight excluding hydrogens is 376 g/mol. The molecule has 0 amide bonds. The number of hydrogen-bond donors (Lipinski definition) is 1. The van der Waals surface area contributed by atoms with Crippen LogP contribution < -0.4 is 4.90 Å². The Hall–Kier alpha value is -1.60. The van der Waals surface area contributed by atoms with Crippen LogP contribution in [-0.2, 0) is 21.2 Å². The van der Waals surface area contributed by atoms with Crippen molar-refractivity contribution in [2.45, 2.75) is 58.6 Å². The van der Waals surface area contributed by atoms with Gasteiger partial charge in [0.05, 0.1) is 0 Å². The van der Waals surface area contributed by atoms with E-state index in [1.165, 1.54) is 29.1 Å². The van der Waals surface area contributed by atoms with Crippen molar-refractivity contribution in [3.05, 3.63) is 29.8 Å². The molecule has 1 N–H and O–H groups in total. The van der Waals surface area contributed by atoms with Crippen LogP contribution in [0.5, 0.6) is 0 Å². The van der Waals surface area contributed by atoms with Gasteiger partial charge in [0, 0.05) is 31.9 Å². The molecule has 1 fully saturated rings. The van der Waals surface area contributed by atoms with Gasteiger partial charge < -0.3 is 10.0 Å². The van der Waals surface area contributed by atoms with E-state index < -0.39 is 26.7 Å². The van der Waals surface area contributed by atoms with Crippen molar-refractivity contribution >= 4 is 21.7 Å². The number of sulfonamides is 1. The number of nitrogens with zero attached hydrogens (tertiary/aromatic N) is 2. The largest absolute Gasteiger partial charge is 0.480 e. The first-order chi connectivity index (χ1) is 13.1. The standard InChI is InChI=1S/C21H34N2O4S/c1-5-6-7-8-17-9-11-18(12-10-17)22-13-15-23(16-14-22)28(26,27)19(20(24)25)21(2,3)4/h9-12,19H,5-8,13-16H2,1-4H3,(H,24,25). The number of aryl methyl sites for hydroxylation is 1. The van der Waals surface area contributed by atoms with E-state index in [1.54, 1.807) is 20.8 Å². The fourth-order valence-corrected chi connectivity index (χ4v) is 5.87. The number of unbranched alkanes of at least 4 members (excludes halogenated alkanes) is 2. The van der Waals surface area contributed by atoms with E-state index in [2.05, 4.69) is 36.1 Å². The summed E-state index contributed by atoms with van der Waals surface area (Å²) in [5.41, 5.74) is 1.55. The number of rotatable bonds is 8. The summed E-state index contributed by atoms with van der Waals surface area (Å²) in [5, 5.41) is 8.06. The first-order valence-electron chi connectivity index (χ1n) is 10.1. The van der Waals surface area contributed by atoms with Crippen LogP contribution in [-0.4, -0.2) is 55.2 Å². The van der Waals surface area contributed by atoms with E-state index in [1.807, 2.05) is 0 Å². The molecule has 0 radical (unpaired) electrons. The molecule has 2 rings (SSSR count). The maximum atomic E-state index is 12.9. The van der Waals surface area contributed by atoms with Crippen LogP contribution in [0.3, 0.4) is 0 Å². The van der Waals surface area contributed by atoms with Crippen molar-refractivity contribution in [2.24, 2.45) is 5.41 Å². The molecule has 28 heavy (non-hydrogen) atoms. The lowest BCUT2D eigenvalue weighted by Gasteiger charge is -2.38. The number of hydrogen-bond acceptors (Lipinski definition) is 4. The van der Waals surface area contributed by atoms with Crippen LogP contribution in [0.4, 0.5) is 5.69 Å². The number of piperazine rings is 1. The third-order valence-electron chi connectivity index (χ3n) is 5.28. The summed E-state index contributed by atoms with van der Waals surface area (Å²) in [6, 6.07) is 8.49. The van der Waals surface area contributed by atoms with E-state index >= 15 is 0 Å². The summed E-state index contributed by atoms with van der Waals surface area (Å²) in [7, 11) is -3.90. The quantitative estimate of drug-likeness (QED) is 0.665. The van der Waals surface area contributed by atoms with Crippen LogP contribution >= 0.6 is 0 Å². The SMILES string of the molecule is CCCCCc1ccc(N2CCN(S(=O)(=O)C(C(=O)O)C(C)(C)C)CC2)cc1. The second-order valence-corrected chi connectivity index (χ2v) is 10.7. The van der Waals surface area contributed by atoms with Gasteiger partial charge in [-0.15, -0.1) is 0 Å². The Balaban J connectivity index is 2.01. The summed E-state index contributed by atoms with van der Waals surface area (Å²) < 4.78 is 27.2. The molecule has 0 bridgehead atoms. The molecule has 0 spiro atoms. The van der Waals surface area contributed by atoms with Crippen LogP contribution in [0.25, 0.3) is 0 Å². The van der Waals surface area contributed by atoms with E-state index in [9.17, 15) is 18.3 Å². The highest BCUT2D eigenvalue weighted by Crippen LogP contribution is 2.29. The fourth-order valence-electron chi connectivity index (χ4n) is 3.75. The molecule has 1 aromatic carbocycles. The van der Waals surface area contributed by atoms with Gasteiger partial charge in [0.2, 0.25) is 10.0 Å². The molecule has 1 aliphatic rings. The van der Waals surface area contributed by atoms with Crippen LogP contribution in [0, 0.1) is 5.41 Å². The second kappa shape index (κ2) is 9.27. The van der Waals surface area contributed by atoms with E-state index in [0.717, 1.165) is 12.1 Å². The van der Waals surface area contributed by atoms with Gasteiger partial charge in [-0.05, 0) is 36.0 Å². The minimum Gasteiger partial charge on any atom is -0.480 e. The first kappa shape index (κ1) is 22.7. The maximum Gasteiger partial charge on any atom is 0.323 e. The van der Waals surface area contributed by atoms with E-state index in [0.29, 0.717) is 26.2 Å². The Bertz CT molecular complexity index is 746. The van der Waals surface area contributed by atoms with Crippen molar-refractivity contribution in [3.63, 3.8) is 0 Å². The van der Waals surface area contributed by atoms with Crippen LogP contribution in [0.2, 0.25) is 0 Å². The number of benzene rings is 1. The number of anilines is 1. The number of carboxylic acids is 1. The van der Waals surface area contributed by atoms with E-state index in [4.69, 9.17) is 0 Å². The van der Waals surface area contributed by atoms with Crippen molar-refractivity contribution in [2.75, 3.05) is 31.1 Å². The Morgan fingerprint density at radius 3 is 2.11 bits per heavy atom. The molecular formula is C21H34N2O4S. The Morgan fingerprint density at radius 1 is 1.07 bits per heavy atom. The summed E-state index contributed by atoms with van der Waals surface area (Å²) >= 11 is 0. The van der Waals surface area contributed by atoms with Gasteiger partial charge >= 0.3 is 5.97 Å². The number of carbonyl (C=O) groups is 1. The highest BCUT2D eigenvalue weighted by Gasteiger charge is 2.46. The molecule has 1 unspecified atom stereocenters. The third kappa shape index (κ3) is 5.47. The second-order valence-electron chi connectivity index (χ2n) is 8.64. The molecule has 6 nitrogen and oxygen atoms in total. The maximum absolute atomic E-state index is 12.9. The van der Waals surface area contributed by atoms with Gasteiger partial charge in [-0.3, -0.25) is 4.79 Å². The van der Waals surface area contributed by atoms with Crippen molar-refractivity contribution in [1.29, 1.82) is 0 Å². The summed E-state index contributed by atoms with van der Waals surface area (Å²) in [5.74, 6) is -1.28.